The first-order chi connectivity index (χ1) is 9.01. The van der Waals surface area contributed by atoms with Crippen molar-refractivity contribution in [3.8, 4) is 5.75 Å². The predicted molar refractivity (Wildman–Crippen MR) is 79.8 cm³/mol. The average molecular weight is 346 g/mol. The molecule has 0 saturated heterocycles. The van der Waals surface area contributed by atoms with Gasteiger partial charge >= 0.3 is 0 Å². The molecule has 0 amide bonds. The summed E-state index contributed by atoms with van der Waals surface area (Å²) >= 11 is 9.02. The minimum atomic E-state index is -0.522. The Morgan fingerprint density at radius 1 is 1.32 bits per heavy atom. The molecule has 0 radical (unpaired) electrons. The molecule has 6 heteroatoms. The highest BCUT2D eigenvalue weighted by atomic mass is 79.9. The van der Waals surface area contributed by atoms with Gasteiger partial charge in [-0.1, -0.05) is 11.6 Å². The Balaban J connectivity index is 2.31. The van der Waals surface area contributed by atoms with E-state index in [2.05, 4.69) is 21.2 Å². The molecule has 100 valence electrons. The van der Waals surface area contributed by atoms with E-state index in [1.54, 1.807) is 19.2 Å². The van der Waals surface area contributed by atoms with Crippen molar-refractivity contribution < 1.29 is 9.13 Å². The highest BCUT2D eigenvalue weighted by Crippen LogP contribution is 2.32. The summed E-state index contributed by atoms with van der Waals surface area (Å²) in [7, 11) is 1.58. The van der Waals surface area contributed by atoms with Crippen LogP contribution < -0.4 is 15.8 Å². The Bertz CT molecular complexity index is 622. The van der Waals surface area contributed by atoms with Crippen molar-refractivity contribution in [3.63, 3.8) is 0 Å². The zero-order chi connectivity index (χ0) is 14.0. The van der Waals surface area contributed by atoms with Crippen molar-refractivity contribution in [1.29, 1.82) is 0 Å². The number of methoxy groups -OCH3 is 1. The number of nitrogens with two attached hydrogens (primary N) is 1. The van der Waals surface area contributed by atoms with Crippen LogP contribution in [0.25, 0.3) is 0 Å². The van der Waals surface area contributed by atoms with Gasteiger partial charge in [0.05, 0.1) is 28.0 Å². The molecule has 0 aliphatic carbocycles. The van der Waals surface area contributed by atoms with Crippen LogP contribution in [0.3, 0.4) is 0 Å². The second-order valence-electron chi connectivity index (χ2n) is 3.83. The van der Waals surface area contributed by atoms with E-state index < -0.39 is 5.82 Å². The first kappa shape index (κ1) is 14.0. The van der Waals surface area contributed by atoms with Crippen LogP contribution in [0.5, 0.6) is 5.75 Å². The summed E-state index contributed by atoms with van der Waals surface area (Å²) in [5.74, 6) is 0.187. The Kier molecular flexibility index (Phi) is 4.17. The van der Waals surface area contributed by atoms with Gasteiger partial charge in [-0.3, -0.25) is 0 Å². The van der Waals surface area contributed by atoms with Gasteiger partial charge in [-0.2, -0.15) is 0 Å². The lowest BCUT2D eigenvalue weighted by molar-refractivity contribution is 0.412. The summed E-state index contributed by atoms with van der Waals surface area (Å²) in [5, 5.41) is 3.02. The topological polar surface area (TPSA) is 47.3 Å². The lowest BCUT2D eigenvalue weighted by atomic mass is 10.2. The molecule has 0 aliphatic rings. The molecule has 0 fully saturated rings. The van der Waals surface area contributed by atoms with Gasteiger partial charge < -0.3 is 15.8 Å². The molecule has 2 rings (SSSR count). The van der Waals surface area contributed by atoms with E-state index in [0.717, 1.165) is 10.2 Å². The van der Waals surface area contributed by atoms with E-state index in [4.69, 9.17) is 22.1 Å². The van der Waals surface area contributed by atoms with Gasteiger partial charge in [0.1, 0.15) is 11.6 Å². The predicted octanol–water partition coefficient (Wildman–Crippen LogP) is 4.58. The Hall–Kier alpha value is -1.46. The van der Waals surface area contributed by atoms with Crippen LogP contribution >= 0.6 is 27.5 Å². The van der Waals surface area contributed by atoms with E-state index >= 15 is 0 Å². The standard InChI is InChI=1S/C13H11BrClFN2O/c1-19-13-3-2-7(4-8(13)14)18-12-6-10(16)9(15)5-11(12)17/h2-6,18H,17H2,1H3. The smallest absolute Gasteiger partial charge is 0.144 e. The molecule has 0 spiro atoms. The third kappa shape index (κ3) is 3.11. The minimum absolute atomic E-state index is 0.000962. The van der Waals surface area contributed by atoms with E-state index in [1.807, 2.05) is 6.07 Å². The lowest BCUT2D eigenvalue weighted by Gasteiger charge is -2.12. The zero-order valence-corrected chi connectivity index (χ0v) is 12.3. The van der Waals surface area contributed by atoms with E-state index in [1.165, 1.54) is 12.1 Å². The fraction of sp³-hybridized carbons (Fsp3) is 0.0769. The fourth-order valence-electron chi connectivity index (χ4n) is 1.57. The number of rotatable bonds is 3. The van der Waals surface area contributed by atoms with Crippen molar-refractivity contribution in [2.24, 2.45) is 0 Å². The Labute approximate surface area is 123 Å². The molecule has 0 saturated carbocycles. The number of hydrogen-bond acceptors (Lipinski definition) is 3. The normalized spacial score (nSPS) is 10.3. The van der Waals surface area contributed by atoms with E-state index in [-0.39, 0.29) is 5.02 Å². The molecule has 0 bridgehead atoms. The average Bonchev–Trinajstić information content (AvgIpc) is 2.36. The van der Waals surface area contributed by atoms with Crippen molar-refractivity contribution in [1.82, 2.24) is 0 Å². The summed E-state index contributed by atoms with van der Waals surface area (Å²) in [6.45, 7) is 0. The molecular weight excluding hydrogens is 335 g/mol. The van der Waals surface area contributed by atoms with Gasteiger partial charge in [0.15, 0.2) is 0 Å². The quantitative estimate of drug-likeness (QED) is 0.801. The highest BCUT2D eigenvalue weighted by Gasteiger charge is 2.08. The molecule has 0 aliphatic heterocycles. The van der Waals surface area contributed by atoms with Crippen LogP contribution in [-0.2, 0) is 0 Å². The number of halogens is 3. The summed E-state index contributed by atoms with van der Waals surface area (Å²) in [6.07, 6.45) is 0. The Morgan fingerprint density at radius 3 is 2.68 bits per heavy atom. The number of benzene rings is 2. The van der Waals surface area contributed by atoms with Crippen LogP contribution in [0.1, 0.15) is 0 Å². The molecule has 0 atom stereocenters. The fourth-order valence-corrected chi connectivity index (χ4v) is 2.28. The largest absolute Gasteiger partial charge is 0.496 e. The monoisotopic (exact) mass is 344 g/mol. The van der Waals surface area contributed by atoms with Gasteiger partial charge in [-0.25, -0.2) is 4.39 Å². The summed E-state index contributed by atoms with van der Waals surface area (Å²) in [4.78, 5) is 0. The van der Waals surface area contributed by atoms with Gasteiger partial charge in [-0.05, 0) is 40.2 Å². The number of nitrogens with one attached hydrogen (secondary N) is 1. The van der Waals surface area contributed by atoms with E-state index in [0.29, 0.717) is 17.1 Å². The van der Waals surface area contributed by atoms with Gasteiger partial charge in [0.2, 0.25) is 0 Å². The maximum atomic E-state index is 13.4. The van der Waals surface area contributed by atoms with Crippen LogP contribution in [-0.4, -0.2) is 7.11 Å². The number of ether oxygens (including phenoxy) is 1. The van der Waals surface area contributed by atoms with Crippen LogP contribution in [0, 0.1) is 5.82 Å². The number of anilines is 3. The number of hydrogen-bond donors (Lipinski definition) is 2. The minimum Gasteiger partial charge on any atom is -0.496 e. The molecule has 3 N–H and O–H groups in total. The van der Waals surface area contributed by atoms with Crippen molar-refractivity contribution >= 4 is 44.6 Å². The third-order valence-electron chi connectivity index (χ3n) is 2.52. The molecule has 0 unspecified atom stereocenters. The maximum absolute atomic E-state index is 13.4. The molecular formula is C13H11BrClFN2O. The molecule has 0 aromatic heterocycles. The van der Waals surface area contributed by atoms with Crippen LogP contribution in [0.2, 0.25) is 5.02 Å². The first-order valence-electron chi connectivity index (χ1n) is 5.36. The molecule has 2 aromatic carbocycles. The molecule has 0 heterocycles. The third-order valence-corrected chi connectivity index (χ3v) is 3.43. The molecule has 2 aromatic rings. The zero-order valence-electron chi connectivity index (χ0n) is 10.0. The van der Waals surface area contributed by atoms with Crippen LogP contribution in [0.4, 0.5) is 21.5 Å². The van der Waals surface area contributed by atoms with Gasteiger partial charge in [0.25, 0.3) is 0 Å². The van der Waals surface area contributed by atoms with Crippen molar-refractivity contribution in [2.75, 3.05) is 18.2 Å². The summed E-state index contributed by atoms with van der Waals surface area (Å²) < 4.78 is 19.3. The van der Waals surface area contributed by atoms with Crippen LogP contribution in [0.15, 0.2) is 34.8 Å². The SMILES string of the molecule is COc1ccc(Nc2cc(F)c(Cl)cc2N)cc1Br. The second kappa shape index (κ2) is 5.67. The Morgan fingerprint density at radius 2 is 2.05 bits per heavy atom. The summed E-state index contributed by atoms with van der Waals surface area (Å²) in [5.41, 5.74) is 7.36. The highest BCUT2D eigenvalue weighted by molar-refractivity contribution is 9.10. The number of nitrogen functional groups attached to an aromatic ring is 1. The van der Waals surface area contributed by atoms with E-state index in [9.17, 15) is 4.39 Å². The summed E-state index contributed by atoms with van der Waals surface area (Å²) in [6, 6.07) is 8.03. The van der Waals surface area contributed by atoms with Gasteiger partial charge in [0, 0.05) is 11.8 Å². The van der Waals surface area contributed by atoms with Crippen molar-refractivity contribution in [2.45, 2.75) is 0 Å². The van der Waals surface area contributed by atoms with Crippen molar-refractivity contribution in [3.05, 3.63) is 45.6 Å². The maximum Gasteiger partial charge on any atom is 0.144 e. The first-order valence-corrected chi connectivity index (χ1v) is 6.53. The van der Waals surface area contributed by atoms with Gasteiger partial charge in [-0.15, -0.1) is 0 Å². The molecule has 19 heavy (non-hydrogen) atoms. The molecule has 3 nitrogen and oxygen atoms in total. The lowest BCUT2D eigenvalue weighted by Crippen LogP contribution is -1.98. The second-order valence-corrected chi connectivity index (χ2v) is 5.09.